The molecule has 20 heavy (non-hydrogen) atoms. The zero-order valence-electron chi connectivity index (χ0n) is 11.2. The molecule has 1 heterocycles. The minimum Gasteiger partial charge on any atom is -0.476 e. The minimum absolute atomic E-state index is 0.101. The summed E-state index contributed by atoms with van der Waals surface area (Å²) in [6.07, 6.45) is 6.23. The predicted octanol–water partition coefficient (Wildman–Crippen LogP) is 0.466. The molecule has 8 nitrogen and oxygen atoms in total. The fourth-order valence-electron chi connectivity index (χ4n) is 2.30. The number of aromatic nitrogens is 3. The Labute approximate surface area is 116 Å². The first-order valence-corrected chi connectivity index (χ1v) is 6.80. The summed E-state index contributed by atoms with van der Waals surface area (Å²) in [5.41, 5.74) is -0.101. The number of nitrogens with one attached hydrogen (secondary N) is 2. The van der Waals surface area contributed by atoms with Gasteiger partial charge in [0, 0.05) is 13.1 Å². The van der Waals surface area contributed by atoms with Crippen LogP contribution in [-0.2, 0) is 6.54 Å². The van der Waals surface area contributed by atoms with Gasteiger partial charge in [0.25, 0.3) is 0 Å². The fourth-order valence-corrected chi connectivity index (χ4v) is 2.30. The lowest BCUT2D eigenvalue weighted by Gasteiger charge is -2.11. The molecule has 2 rings (SSSR count). The number of carboxylic acids is 1. The summed E-state index contributed by atoms with van der Waals surface area (Å²) in [6, 6.07) is -0.199. The average molecular weight is 281 g/mol. The molecule has 1 aliphatic rings. The van der Waals surface area contributed by atoms with Crippen molar-refractivity contribution in [3.63, 3.8) is 0 Å². The summed E-state index contributed by atoms with van der Waals surface area (Å²) < 4.78 is 1.39. The Balaban J connectivity index is 1.61. The summed E-state index contributed by atoms with van der Waals surface area (Å²) >= 11 is 0. The standard InChI is InChI=1S/C12H19N5O3/c18-11(19)10-8-17(16-15-10)6-5-13-12(20)14-7-9-3-1-2-4-9/h8-9H,1-7H2,(H,18,19)(H2,13,14,20). The van der Waals surface area contributed by atoms with Crippen LogP contribution in [0.1, 0.15) is 36.2 Å². The average Bonchev–Trinajstić information content (AvgIpc) is 3.07. The summed E-state index contributed by atoms with van der Waals surface area (Å²) in [4.78, 5) is 22.2. The van der Waals surface area contributed by atoms with E-state index in [-0.39, 0.29) is 11.7 Å². The fraction of sp³-hybridized carbons (Fsp3) is 0.667. The monoisotopic (exact) mass is 281 g/mol. The van der Waals surface area contributed by atoms with Gasteiger partial charge in [0.2, 0.25) is 0 Å². The third kappa shape index (κ3) is 4.22. The number of nitrogens with zero attached hydrogens (tertiary/aromatic N) is 3. The second-order valence-corrected chi connectivity index (χ2v) is 4.96. The van der Waals surface area contributed by atoms with E-state index in [0.29, 0.717) is 19.0 Å². The van der Waals surface area contributed by atoms with E-state index >= 15 is 0 Å². The first-order valence-electron chi connectivity index (χ1n) is 6.80. The number of hydrogen-bond donors (Lipinski definition) is 3. The zero-order valence-corrected chi connectivity index (χ0v) is 11.2. The number of carbonyl (C=O) groups is 2. The van der Waals surface area contributed by atoms with Crippen molar-refractivity contribution in [3.05, 3.63) is 11.9 Å². The lowest BCUT2D eigenvalue weighted by Crippen LogP contribution is -2.39. The second kappa shape index (κ2) is 6.88. The summed E-state index contributed by atoms with van der Waals surface area (Å²) in [7, 11) is 0. The number of hydrogen-bond acceptors (Lipinski definition) is 4. The number of rotatable bonds is 6. The third-order valence-corrected chi connectivity index (χ3v) is 3.41. The van der Waals surface area contributed by atoms with Gasteiger partial charge in [-0.05, 0) is 18.8 Å². The number of carbonyl (C=O) groups excluding carboxylic acids is 1. The van der Waals surface area contributed by atoms with Gasteiger partial charge < -0.3 is 15.7 Å². The van der Waals surface area contributed by atoms with Crippen molar-refractivity contribution >= 4 is 12.0 Å². The first kappa shape index (κ1) is 14.3. The summed E-state index contributed by atoms with van der Waals surface area (Å²) in [5, 5.41) is 21.4. The van der Waals surface area contributed by atoms with E-state index < -0.39 is 5.97 Å². The maximum absolute atomic E-state index is 11.5. The normalized spacial score (nSPS) is 15.2. The van der Waals surface area contributed by atoms with E-state index in [0.717, 1.165) is 6.54 Å². The number of aromatic carboxylic acids is 1. The van der Waals surface area contributed by atoms with Gasteiger partial charge in [-0.1, -0.05) is 18.1 Å². The smallest absolute Gasteiger partial charge is 0.358 e. The van der Waals surface area contributed by atoms with E-state index in [1.165, 1.54) is 36.6 Å². The van der Waals surface area contributed by atoms with Crippen LogP contribution in [0.15, 0.2) is 6.20 Å². The van der Waals surface area contributed by atoms with Crippen LogP contribution in [0.25, 0.3) is 0 Å². The van der Waals surface area contributed by atoms with Crippen LogP contribution >= 0.6 is 0 Å². The van der Waals surface area contributed by atoms with E-state index in [1.807, 2.05) is 0 Å². The number of urea groups is 1. The molecular weight excluding hydrogens is 262 g/mol. The van der Waals surface area contributed by atoms with E-state index in [9.17, 15) is 9.59 Å². The van der Waals surface area contributed by atoms with Crippen molar-refractivity contribution in [1.82, 2.24) is 25.6 Å². The molecule has 0 aromatic carbocycles. The molecule has 0 saturated heterocycles. The highest BCUT2D eigenvalue weighted by Crippen LogP contribution is 2.23. The molecule has 0 spiro atoms. The Bertz CT molecular complexity index is 467. The molecule has 0 bridgehead atoms. The van der Waals surface area contributed by atoms with Crippen LogP contribution in [0.5, 0.6) is 0 Å². The quantitative estimate of drug-likeness (QED) is 0.702. The topological polar surface area (TPSA) is 109 Å². The van der Waals surface area contributed by atoms with Crippen LogP contribution in [0.4, 0.5) is 4.79 Å². The largest absolute Gasteiger partial charge is 0.476 e. The molecule has 1 aromatic rings. The third-order valence-electron chi connectivity index (χ3n) is 3.41. The van der Waals surface area contributed by atoms with E-state index in [2.05, 4.69) is 20.9 Å². The van der Waals surface area contributed by atoms with Gasteiger partial charge in [0.15, 0.2) is 5.69 Å². The van der Waals surface area contributed by atoms with Crippen LogP contribution in [0.2, 0.25) is 0 Å². The van der Waals surface area contributed by atoms with Gasteiger partial charge in [-0.3, -0.25) is 0 Å². The molecule has 1 aliphatic carbocycles. The van der Waals surface area contributed by atoms with E-state index in [4.69, 9.17) is 5.11 Å². The molecule has 0 radical (unpaired) electrons. The van der Waals surface area contributed by atoms with Gasteiger partial charge in [0.05, 0.1) is 12.7 Å². The Morgan fingerprint density at radius 2 is 2.10 bits per heavy atom. The van der Waals surface area contributed by atoms with Crippen molar-refractivity contribution in [1.29, 1.82) is 0 Å². The summed E-state index contributed by atoms with van der Waals surface area (Å²) in [6.45, 7) is 1.48. The molecular formula is C12H19N5O3. The SMILES string of the molecule is O=C(NCCn1cc(C(=O)O)nn1)NCC1CCCC1. The summed E-state index contributed by atoms with van der Waals surface area (Å²) in [5.74, 6) is -0.507. The highest BCUT2D eigenvalue weighted by molar-refractivity contribution is 5.84. The molecule has 0 unspecified atom stereocenters. The van der Waals surface area contributed by atoms with Crippen LogP contribution in [0.3, 0.4) is 0 Å². The van der Waals surface area contributed by atoms with Crippen molar-refractivity contribution < 1.29 is 14.7 Å². The van der Waals surface area contributed by atoms with Crippen molar-refractivity contribution in [3.8, 4) is 0 Å². The van der Waals surface area contributed by atoms with Crippen LogP contribution in [0, 0.1) is 5.92 Å². The molecule has 0 aliphatic heterocycles. The van der Waals surface area contributed by atoms with Gasteiger partial charge in [-0.15, -0.1) is 5.10 Å². The maximum Gasteiger partial charge on any atom is 0.358 e. The van der Waals surface area contributed by atoms with Crippen molar-refractivity contribution in [2.45, 2.75) is 32.2 Å². The van der Waals surface area contributed by atoms with Crippen molar-refractivity contribution in [2.75, 3.05) is 13.1 Å². The Kier molecular flexibility index (Phi) is 4.91. The molecule has 1 saturated carbocycles. The molecule has 8 heteroatoms. The van der Waals surface area contributed by atoms with Gasteiger partial charge in [0.1, 0.15) is 0 Å². The Morgan fingerprint density at radius 3 is 2.75 bits per heavy atom. The molecule has 3 N–H and O–H groups in total. The molecule has 1 aromatic heterocycles. The van der Waals surface area contributed by atoms with Crippen LogP contribution < -0.4 is 10.6 Å². The lowest BCUT2D eigenvalue weighted by molar-refractivity contribution is 0.0690. The highest BCUT2D eigenvalue weighted by Gasteiger charge is 2.15. The number of carboxylic acid groups (broad SMARTS) is 1. The van der Waals surface area contributed by atoms with Crippen molar-refractivity contribution in [2.24, 2.45) is 5.92 Å². The van der Waals surface area contributed by atoms with Gasteiger partial charge >= 0.3 is 12.0 Å². The zero-order chi connectivity index (χ0) is 14.4. The number of amides is 2. The molecule has 0 atom stereocenters. The first-order chi connectivity index (χ1) is 9.65. The van der Waals surface area contributed by atoms with E-state index in [1.54, 1.807) is 0 Å². The molecule has 2 amide bonds. The second-order valence-electron chi connectivity index (χ2n) is 4.96. The van der Waals surface area contributed by atoms with Gasteiger partial charge in [-0.25, -0.2) is 14.3 Å². The molecule has 1 fully saturated rings. The Morgan fingerprint density at radius 1 is 1.35 bits per heavy atom. The lowest BCUT2D eigenvalue weighted by atomic mass is 10.1. The molecule has 110 valence electrons. The van der Waals surface area contributed by atoms with Gasteiger partial charge in [-0.2, -0.15) is 0 Å². The van der Waals surface area contributed by atoms with Crippen LogP contribution in [-0.4, -0.2) is 45.2 Å². The Hall–Kier alpha value is -2.12. The minimum atomic E-state index is -1.11. The predicted molar refractivity (Wildman–Crippen MR) is 70.3 cm³/mol. The highest BCUT2D eigenvalue weighted by atomic mass is 16.4. The maximum atomic E-state index is 11.5.